The van der Waals surface area contributed by atoms with Crippen molar-refractivity contribution in [3.63, 3.8) is 0 Å². The molecule has 1 unspecified atom stereocenters. The van der Waals surface area contributed by atoms with E-state index in [0.717, 1.165) is 46.0 Å². The smallest absolute Gasteiger partial charge is 0.158 e. The van der Waals surface area contributed by atoms with E-state index in [1.807, 2.05) is 37.3 Å². The highest BCUT2D eigenvalue weighted by molar-refractivity contribution is 6.32. The molecule has 0 saturated heterocycles. The van der Waals surface area contributed by atoms with Crippen molar-refractivity contribution in [2.45, 2.75) is 58.8 Å². The summed E-state index contributed by atoms with van der Waals surface area (Å²) in [6, 6.07) is 9.45. The Bertz CT molecular complexity index is 1120. The number of anilines is 1. The van der Waals surface area contributed by atoms with Crippen LogP contribution in [0, 0.1) is 5.92 Å². The Labute approximate surface area is 206 Å². The van der Waals surface area contributed by atoms with Crippen molar-refractivity contribution in [3.05, 3.63) is 52.2 Å². The van der Waals surface area contributed by atoms with E-state index < -0.39 is 6.29 Å². The summed E-state index contributed by atoms with van der Waals surface area (Å²) in [5, 5.41) is 15.3. The first-order valence-electron chi connectivity index (χ1n) is 12.0. The number of hydrogen-bond acceptors (Lipinski definition) is 6. The number of rotatable bonds is 12. The lowest BCUT2D eigenvalue weighted by Gasteiger charge is -2.16. The molecular weight excluding hydrogens is 454 g/mol. The summed E-state index contributed by atoms with van der Waals surface area (Å²) in [5.41, 5.74) is 3.54. The molecule has 1 fully saturated rings. The van der Waals surface area contributed by atoms with Gasteiger partial charge in [-0.05, 0) is 49.4 Å². The number of aliphatic hydroxyl groups is 1. The lowest BCUT2D eigenvalue weighted by molar-refractivity contribution is -0.0930. The van der Waals surface area contributed by atoms with E-state index in [1.165, 1.54) is 12.8 Å². The van der Waals surface area contributed by atoms with Crippen LogP contribution < -0.4 is 14.8 Å². The van der Waals surface area contributed by atoms with Gasteiger partial charge in [0, 0.05) is 47.5 Å². The van der Waals surface area contributed by atoms with Crippen molar-refractivity contribution in [3.8, 4) is 11.5 Å². The molecule has 0 spiro atoms. The van der Waals surface area contributed by atoms with E-state index in [4.69, 9.17) is 30.2 Å². The minimum atomic E-state index is -0.902. The van der Waals surface area contributed by atoms with E-state index in [0.29, 0.717) is 36.2 Å². The molecule has 1 aliphatic rings. The van der Waals surface area contributed by atoms with Crippen LogP contribution >= 0.6 is 11.6 Å². The summed E-state index contributed by atoms with van der Waals surface area (Å²) in [6.45, 7) is 7.72. The fourth-order valence-electron chi connectivity index (χ4n) is 4.11. The molecule has 1 atom stereocenters. The topological polar surface area (TPSA) is 73.1 Å². The van der Waals surface area contributed by atoms with Crippen LogP contribution in [0.5, 0.6) is 11.5 Å². The standard InChI is InChI=1S/C27H34ClNO5/c1-5-32-25(30)10-18-8-9-20(31-4)13-24(18)33-15-22-21-11-19(28)12-23(29-14-17-6-7-17)27(21)34-26(22)16(2)3/h8-9,11-13,16-17,25,29-30H,5-7,10,14-15H2,1-4H3. The summed E-state index contributed by atoms with van der Waals surface area (Å²) in [7, 11) is 1.62. The molecule has 34 heavy (non-hydrogen) atoms. The van der Waals surface area contributed by atoms with Crippen LogP contribution in [0.2, 0.25) is 5.02 Å². The number of aliphatic hydroxyl groups excluding tert-OH is 1. The van der Waals surface area contributed by atoms with Gasteiger partial charge in [0.25, 0.3) is 0 Å². The van der Waals surface area contributed by atoms with Crippen LogP contribution in [0.1, 0.15) is 56.4 Å². The molecule has 0 aliphatic heterocycles. The molecule has 1 saturated carbocycles. The fraction of sp³-hybridized carbons (Fsp3) is 0.481. The van der Waals surface area contributed by atoms with Crippen LogP contribution in [0.25, 0.3) is 11.0 Å². The molecule has 4 rings (SSSR count). The number of ether oxygens (including phenoxy) is 3. The third-order valence-corrected chi connectivity index (χ3v) is 6.31. The fourth-order valence-corrected chi connectivity index (χ4v) is 4.33. The average molecular weight is 488 g/mol. The summed E-state index contributed by atoms with van der Waals surface area (Å²) in [6.07, 6.45) is 1.95. The molecule has 0 bridgehead atoms. The zero-order valence-corrected chi connectivity index (χ0v) is 21.1. The Morgan fingerprint density at radius 1 is 1.21 bits per heavy atom. The van der Waals surface area contributed by atoms with Gasteiger partial charge in [0.2, 0.25) is 0 Å². The third-order valence-electron chi connectivity index (χ3n) is 6.09. The van der Waals surface area contributed by atoms with Gasteiger partial charge < -0.3 is 29.1 Å². The van der Waals surface area contributed by atoms with Gasteiger partial charge in [-0.25, -0.2) is 0 Å². The molecule has 1 heterocycles. The van der Waals surface area contributed by atoms with Gasteiger partial charge in [-0.1, -0.05) is 31.5 Å². The number of hydrogen-bond donors (Lipinski definition) is 2. The predicted molar refractivity (Wildman–Crippen MR) is 135 cm³/mol. The summed E-state index contributed by atoms with van der Waals surface area (Å²) >= 11 is 6.50. The van der Waals surface area contributed by atoms with E-state index in [-0.39, 0.29) is 5.92 Å². The van der Waals surface area contributed by atoms with Crippen molar-refractivity contribution in [1.29, 1.82) is 0 Å². The second kappa shape index (κ2) is 10.9. The lowest BCUT2D eigenvalue weighted by atomic mass is 10.0. The maximum Gasteiger partial charge on any atom is 0.158 e. The summed E-state index contributed by atoms with van der Waals surface area (Å²) < 4.78 is 23.4. The van der Waals surface area contributed by atoms with E-state index in [1.54, 1.807) is 7.11 Å². The van der Waals surface area contributed by atoms with Gasteiger partial charge in [0.15, 0.2) is 11.9 Å². The van der Waals surface area contributed by atoms with E-state index >= 15 is 0 Å². The number of halogens is 1. The Hall–Kier alpha value is -2.41. The molecule has 0 radical (unpaired) electrons. The predicted octanol–water partition coefficient (Wildman–Crippen LogP) is 6.52. The highest BCUT2D eigenvalue weighted by atomic mass is 35.5. The van der Waals surface area contributed by atoms with Crippen molar-refractivity contribution in [2.24, 2.45) is 5.92 Å². The van der Waals surface area contributed by atoms with Gasteiger partial charge in [-0.15, -0.1) is 0 Å². The van der Waals surface area contributed by atoms with E-state index in [9.17, 15) is 5.11 Å². The van der Waals surface area contributed by atoms with Crippen LogP contribution in [0.15, 0.2) is 34.7 Å². The molecular formula is C27H34ClNO5. The first-order chi connectivity index (χ1) is 16.4. The van der Waals surface area contributed by atoms with Gasteiger partial charge in [-0.2, -0.15) is 0 Å². The van der Waals surface area contributed by atoms with Crippen LogP contribution in [0.4, 0.5) is 5.69 Å². The zero-order valence-electron chi connectivity index (χ0n) is 20.3. The molecule has 7 heteroatoms. The number of nitrogens with one attached hydrogen (secondary N) is 1. The maximum absolute atomic E-state index is 10.2. The first-order valence-corrected chi connectivity index (χ1v) is 12.3. The Balaban J connectivity index is 1.65. The van der Waals surface area contributed by atoms with Gasteiger partial charge >= 0.3 is 0 Å². The SMILES string of the molecule is CCOC(O)Cc1ccc(OC)cc1OCc1c(C(C)C)oc2c(NCC3CC3)cc(Cl)cc12. The normalized spacial score (nSPS) is 14.6. The van der Waals surface area contributed by atoms with Crippen molar-refractivity contribution in [1.82, 2.24) is 0 Å². The van der Waals surface area contributed by atoms with Crippen molar-refractivity contribution in [2.75, 3.05) is 25.6 Å². The summed E-state index contributed by atoms with van der Waals surface area (Å²) in [5.74, 6) is 3.10. The number of benzene rings is 2. The third kappa shape index (κ3) is 5.80. The van der Waals surface area contributed by atoms with Crippen molar-refractivity contribution >= 4 is 28.3 Å². The first kappa shape index (κ1) is 24.7. The molecule has 1 aromatic heterocycles. The maximum atomic E-state index is 10.2. The molecule has 6 nitrogen and oxygen atoms in total. The van der Waals surface area contributed by atoms with E-state index in [2.05, 4.69) is 19.2 Å². The van der Waals surface area contributed by atoms with Crippen LogP contribution in [-0.2, 0) is 17.8 Å². The Morgan fingerprint density at radius 3 is 2.68 bits per heavy atom. The lowest BCUT2D eigenvalue weighted by Crippen LogP contribution is -2.15. The Morgan fingerprint density at radius 2 is 2.00 bits per heavy atom. The number of methoxy groups -OCH3 is 1. The molecule has 2 N–H and O–H groups in total. The minimum absolute atomic E-state index is 0.172. The van der Waals surface area contributed by atoms with Crippen LogP contribution in [0.3, 0.4) is 0 Å². The van der Waals surface area contributed by atoms with Crippen molar-refractivity contribution < 1.29 is 23.7 Å². The Kier molecular flexibility index (Phi) is 7.91. The summed E-state index contributed by atoms with van der Waals surface area (Å²) in [4.78, 5) is 0. The molecule has 0 amide bonds. The quantitative estimate of drug-likeness (QED) is 0.283. The highest BCUT2D eigenvalue weighted by Crippen LogP contribution is 2.39. The second-order valence-electron chi connectivity index (χ2n) is 9.13. The van der Waals surface area contributed by atoms with Gasteiger partial charge in [0.05, 0.1) is 12.8 Å². The van der Waals surface area contributed by atoms with Gasteiger partial charge in [0.1, 0.15) is 23.9 Å². The number of furan rings is 1. The molecule has 3 aromatic rings. The average Bonchev–Trinajstić information content (AvgIpc) is 3.56. The monoisotopic (exact) mass is 487 g/mol. The highest BCUT2D eigenvalue weighted by Gasteiger charge is 2.24. The largest absolute Gasteiger partial charge is 0.497 e. The molecule has 2 aromatic carbocycles. The number of fused-ring (bicyclic) bond motifs is 1. The second-order valence-corrected chi connectivity index (χ2v) is 9.57. The van der Waals surface area contributed by atoms with Crippen LogP contribution in [-0.4, -0.2) is 31.7 Å². The van der Waals surface area contributed by atoms with Gasteiger partial charge in [-0.3, -0.25) is 0 Å². The molecule has 184 valence electrons. The zero-order chi connectivity index (χ0) is 24.2. The minimum Gasteiger partial charge on any atom is -0.497 e. The molecule has 1 aliphatic carbocycles.